The van der Waals surface area contributed by atoms with Crippen molar-refractivity contribution in [2.75, 3.05) is 26.5 Å². The normalized spacial score (nSPS) is 14.7. The quantitative estimate of drug-likeness (QED) is 0.701. The number of thioether (sulfide) groups is 1. The lowest BCUT2D eigenvalue weighted by molar-refractivity contribution is -0.120. The van der Waals surface area contributed by atoms with Crippen LogP contribution in [0.15, 0.2) is 18.2 Å². The topological polar surface area (TPSA) is 47.6 Å². The fourth-order valence-electron chi connectivity index (χ4n) is 2.85. The number of amides is 1. The van der Waals surface area contributed by atoms with Gasteiger partial charge in [0.25, 0.3) is 0 Å². The smallest absolute Gasteiger partial charge is 0.220 e. The van der Waals surface area contributed by atoms with Crippen LogP contribution in [0.1, 0.15) is 37.7 Å². The Morgan fingerprint density at radius 2 is 1.96 bits per heavy atom. The summed E-state index contributed by atoms with van der Waals surface area (Å²) in [6.45, 7) is 0.770. The Bertz CT molecular complexity index is 501. The molecule has 1 aromatic rings. The van der Waals surface area contributed by atoms with E-state index >= 15 is 0 Å². The van der Waals surface area contributed by atoms with Gasteiger partial charge >= 0.3 is 0 Å². The molecule has 5 heteroatoms. The molecule has 0 unspecified atom stereocenters. The average Bonchev–Trinajstić information content (AvgIpc) is 3.10. The zero-order chi connectivity index (χ0) is 16.5. The van der Waals surface area contributed by atoms with Crippen LogP contribution in [0, 0.1) is 0 Å². The van der Waals surface area contributed by atoms with Gasteiger partial charge in [0.05, 0.1) is 14.2 Å². The molecule has 4 nitrogen and oxygen atoms in total. The Kier molecular flexibility index (Phi) is 7.59. The SMILES string of the molecule is COc1ccc(CCC(=O)NCCSC2CCCC2)cc1OC. The van der Waals surface area contributed by atoms with Crippen molar-refractivity contribution in [2.24, 2.45) is 0 Å². The lowest BCUT2D eigenvalue weighted by Gasteiger charge is -2.10. The van der Waals surface area contributed by atoms with Gasteiger partial charge in [0.1, 0.15) is 0 Å². The van der Waals surface area contributed by atoms with Crippen LogP contribution >= 0.6 is 11.8 Å². The average molecular weight is 337 g/mol. The third-order valence-corrected chi connectivity index (χ3v) is 5.55. The molecule has 1 N–H and O–H groups in total. The van der Waals surface area contributed by atoms with Gasteiger partial charge in [0.2, 0.25) is 5.91 Å². The minimum atomic E-state index is 0.117. The highest BCUT2D eigenvalue weighted by atomic mass is 32.2. The van der Waals surface area contributed by atoms with Crippen molar-refractivity contribution in [1.82, 2.24) is 5.32 Å². The van der Waals surface area contributed by atoms with Crippen molar-refractivity contribution >= 4 is 17.7 Å². The Labute approximate surface area is 143 Å². The van der Waals surface area contributed by atoms with E-state index in [1.807, 2.05) is 30.0 Å². The summed E-state index contributed by atoms with van der Waals surface area (Å²) in [6.07, 6.45) is 6.64. The number of ether oxygens (including phenoxy) is 2. The first kappa shape index (κ1) is 18.0. The maximum absolute atomic E-state index is 11.9. The number of nitrogens with one attached hydrogen (secondary N) is 1. The molecule has 1 aliphatic rings. The maximum Gasteiger partial charge on any atom is 0.220 e. The summed E-state index contributed by atoms with van der Waals surface area (Å²) < 4.78 is 10.5. The molecule has 0 heterocycles. The second kappa shape index (κ2) is 9.71. The second-order valence-electron chi connectivity index (χ2n) is 5.82. The van der Waals surface area contributed by atoms with E-state index in [0.29, 0.717) is 24.3 Å². The largest absolute Gasteiger partial charge is 0.493 e. The summed E-state index contributed by atoms with van der Waals surface area (Å²) in [6, 6.07) is 5.79. The van der Waals surface area contributed by atoms with E-state index in [1.165, 1.54) is 25.7 Å². The van der Waals surface area contributed by atoms with Crippen LogP contribution in [-0.2, 0) is 11.2 Å². The van der Waals surface area contributed by atoms with Crippen molar-refractivity contribution in [1.29, 1.82) is 0 Å². The Morgan fingerprint density at radius 1 is 1.22 bits per heavy atom. The summed E-state index contributed by atoms with van der Waals surface area (Å²) in [7, 11) is 3.24. The third-order valence-electron chi connectivity index (χ3n) is 4.17. The van der Waals surface area contributed by atoms with E-state index in [4.69, 9.17) is 9.47 Å². The van der Waals surface area contributed by atoms with E-state index in [2.05, 4.69) is 5.32 Å². The van der Waals surface area contributed by atoms with Crippen LogP contribution in [0.2, 0.25) is 0 Å². The standard InChI is InChI=1S/C18H27NO3S/c1-21-16-9-7-14(13-17(16)22-2)8-10-18(20)19-11-12-23-15-5-3-4-6-15/h7,9,13,15H,3-6,8,10-12H2,1-2H3,(H,19,20). The van der Waals surface area contributed by atoms with Gasteiger partial charge < -0.3 is 14.8 Å². The van der Waals surface area contributed by atoms with Gasteiger partial charge in [-0.05, 0) is 37.0 Å². The number of carbonyl (C=O) groups excluding carboxylic acids is 1. The van der Waals surface area contributed by atoms with E-state index in [-0.39, 0.29) is 5.91 Å². The van der Waals surface area contributed by atoms with Gasteiger partial charge in [-0.1, -0.05) is 18.9 Å². The molecule has 0 atom stereocenters. The van der Waals surface area contributed by atoms with E-state index in [1.54, 1.807) is 14.2 Å². The van der Waals surface area contributed by atoms with E-state index < -0.39 is 0 Å². The molecule has 1 fully saturated rings. The summed E-state index contributed by atoms with van der Waals surface area (Å²) in [5.74, 6) is 2.56. The fraction of sp³-hybridized carbons (Fsp3) is 0.611. The number of hydrogen-bond donors (Lipinski definition) is 1. The minimum absolute atomic E-state index is 0.117. The highest BCUT2D eigenvalue weighted by Crippen LogP contribution is 2.29. The number of aryl methyl sites for hydroxylation is 1. The van der Waals surface area contributed by atoms with Gasteiger partial charge in [-0.25, -0.2) is 0 Å². The van der Waals surface area contributed by atoms with Crippen molar-refractivity contribution < 1.29 is 14.3 Å². The fourth-order valence-corrected chi connectivity index (χ4v) is 4.07. The number of benzene rings is 1. The lowest BCUT2D eigenvalue weighted by atomic mass is 10.1. The number of rotatable bonds is 9. The number of methoxy groups -OCH3 is 2. The Hall–Kier alpha value is -1.36. The molecule has 1 amide bonds. The first-order valence-corrected chi connectivity index (χ1v) is 9.37. The molecule has 0 aliphatic heterocycles. The van der Waals surface area contributed by atoms with Crippen LogP contribution < -0.4 is 14.8 Å². The summed E-state index contributed by atoms with van der Waals surface area (Å²) in [5, 5.41) is 3.83. The van der Waals surface area contributed by atoms with E-state index in [9.17, 15) is 4.79 Å². The van der Waals surface area contributed by atoms with Crippen molar-refractivity contribution in [2.45, 2.75) is 43.8 Å². The molecular formula is C18H27NO3S. The molecule has 23 heavy (non-hydrogen) atoms. The predicted molar refractivity (Wildman–Crippen MR) is 95.6 cm³/mol. The Balaban J connectivity index is 1.65. The van der Waals surface area contributed by atoms with Crippen molar-refractivity contribution in [3.05, 3.63) is 23.8 Å². The number of carbonyl (C=O) groups is 1. The molecule has 2 rings (SSSR count). The molecule has 0 radical (unpaired) electrons. The van der Waals surface area contributed by atoms with Crippen molar-refractivity contribution in [3.63, 3.8) is 0 Å². The van der Waals surface area contributed by atoms with Crippen LogP contribution in [0.5, 0.6) is 11.5 Å². The predicted octanol–water partition coefficient (Wildman–Crippen LogP) is 3.43. The molecule has 0 spiro atoms. The van der Waals surface area contributed by atoms with E-state index in [0.717, 1.165) is 23.1 Å². The summed E-state index contributed by atoms with van der Waals surface area (Å²) in [4.78, 5) is 11.9. The summed E-state index contributed by atoms with van der Waals surface area (Å²) in [5.41, 5.74) is 1.08. The second-order valence-corrected chi connectivity index (χ2v) is 7.22. The molecule has 0 aromatic heterocycles. The zero-order valence-electron chi connectivity index (χ0n) is 14.1. The molecule has 1 aromatic carbocycles. The van der Waals surface area contributed by atoms with Gasteiger partial charge in [0, 0.05) is 24.0 Å². The summed E-state index contributed by atoms with van der Waals surface area (Å²) >= 11 is 2.00. The maximum atomic E-state index is 11.9. The first-order valence-electron chi connectivity index (χ1n) is 8.32. The van der Waals surface area contributed by atoms with Gasteiger partial charge in [0.15, 0.2) is 11.5 Å². The lowest BCUT2D eigenvalue weighted by Crippen LogP contribution is -2.26. The van der Waals surface area contributed by atoms with Gasteiger partial charge in [-0.15, -0.1) is 0 Å². The minimum Gasteiger partial charge on any atom is -0.493 e. The molecular weight excluding hydrogens is 310 g/mol. The Morgan fingerprint density at radius 3 is 2.65 bits per heavy atom. The molecule has 1 saturated carbocycles. The first-order chi connectivity index (χ1) is 11.2. The third kappa shape index (κ3) is 5.98. The number of hydrogen-bond acceptors (Lipinski definition) is 4. The highest BCUT2D eigenvalue weighted by molar-refractivity contribution is 7.99. The van der Waals surface area contributed by atoms with Crippen LogP contribution in [0.4, 0.5) is 0 Å². The van der Waals surface area contributed by atoms with Crippen molar-refractivity contribution in [3.8, 4) is 11.5 Å². The molecule has 128 valence electrons. The van der Waals surface area contributed by atoms with Gasteiger partial charge in [-0.2, -0.15) is 11.8 Å². The zero-order valence-corrected chi connectivity index (χ0v) is 14.9. The van der Waals surface area contributed by atoms with Crippen LogP contribution in [-0.4, -0.2) is 37.7 Å². The van der Waals surface area contributed by atoms with Crippen LogP contribution in [0.3, 0.4) is 0 Å². The van der Waals surface area contributed by atoms with Gasteiger partial charge in [-0.3, -0.25) is 4.79 Å². The molecule has 0 bridgehead atoms. The monoisotopic (exact) mass is 337 g/mol. The van der Waals surface area contributed by atoms with Crippen LogP contribution in [0.25, 0.3) is 0 Å². The highest BCUT2D eigenvalue weighted by Gasteiger charge is 2.14. The molecule has 1 aliphatic carbocycles. The molecule has 0 saturated heterocycles.